The molecule has 0 radical (unpaired) electrons. The highest BCUT2D eigenvalue weighted by Crippen LogP contribution is 2.43. The predicted octanol–water partition coefficient (Wildman–Crippen LogP) is 2.55. The molecule has 2 aliphatic rings. The number of amides is 3. The van der Waals surface area contributed by atoms with Crippen LogP contribution in [0.3, 0.4) is 0 Å². The molecule has 1 aromatic carbocycles. The van der Waals surface area contributed by atoms with E-state index in [2.05, 4.69) is 29.2 Å². The molecule has 9 nitrogen and oxygen atoms in total. The van der Waals surface area contributed by atoms with Crippen molar-refractivity contribution in [3.8, 4) is 0 Å². The van der Waals surface area contributed by atoms with Gasteiger partial charge in [-0.15, -0.1) is 0 Å². The lowest BCUT2D eigenvalue weighted by Crippen LogP contribution is -2.62. The van der Waals surface area contributed by atoms with Gasteiger partial charge in [0.2, 0.25) is 11.8 Å². The van der Waals surface area contributed by atoms with Crippen molar-refractivity contribution >= 4 is 29.1 Å². The molecule has 3 heterocycles. The zero-order valence-electron chi connectivity index (χ0n) is 19.6. The van der Waals surface area contributed by atoms with Crippen molar-refractivity contribution < 1.29 is 14.4 Å². The summed E-state index contributed by atoms with van der Waals surface area (Å²) in [6, 6.07) is 7.19. The molecule has 1 N–H and O–H groups in total. The first-order valence-electron chi connectivity index (χ1n) is 11.7. The van der Waals surface area contributed by atoms with Gasteiger partial charge >= 0.3 is 0 Å². The summed E-state index contributed by atoms with van der Waals surface area (Å²) in [5, 5.41) is 7.20. The van der Waals surface area contributed by atoms with Crippen LogP contribution in [0.15, 0.2) is 36.7 Å². The number of para-hydroxylation sites is 1. The quantitative estimate of drug-likeness (QED) is 0.632. The van der Waals surface area contributed by atoms with Gasteiger partial charge in [0.15, 0.2) is 0 Å². The Morgan fingerprint density at radius 3 is 2.70 bits per heavy atom. The van der Waals surface area contributed by atoms with E-state index < -0.39 is 5.66 Å². The van der Waals surface area contributed by atoms with E-state index in [1.807, 2.05) is 29.9 Å². The van der Waals surface area contributed by atoms with E-state index in [9.17, 15) is 14.4 Å². The zero-order chi connectivity index (χ0) is 23.6. The van der Waals surface area contributed by atoms with E-state index in [0.29, 0.717) is 29.8 Å². The molecule has 3 amide bonds. The molecule has 1 saturated heterocycles. The molecule has 1 atom stereocenters. The highest BCUT2D eigenvalue weighted by Gasteiger charge is 2.52. The summed E-state index contributed by atoms with van der Waals surface area (Å²) in [4.78, 5) is 44.3. The Kier molecular flexibility index (Phi) is 6.51. The highest BCUT2D eigenvalue weighted by atomic mass is 16.2. The van der Waals surface area contributed by atoms with Gasteiger partial charge in [-0.3, -0.25) is 24.0 Å². The van der Waals surface area contributed by atoms with Crippen LogP contribution in [0, 0.1) is 0 Å². The molecule has 1 fully saturated rings. The van der Waals surface area contributed by atoms with Crippen molar-refractivity contribution in [3.05, 3.63) is 42.2 Å². The van der Waals surface area contributed by atoms with Crippen LogP contribution in [0.25, 0.3) is 0 Å². The molecule has 0 saturated carbocycles. The normalized spacial score (nSPS) is 19.8. The standard InChI is InChI=1S/C24H32N6O3/c1-4-27(5-2)14-15-28-17-18(16-25-28)26-21(31)11-13-29-23(33)19-8-6-7-9-20(19)30-22(32)10-12-24(29,30)3/h6-9,16-17H,4-5,10-15H2,1-3H3,(H,26,31). The topological polar surface area (TPSA) is 90.8 Å². The number of carbonyl (C=O) groups is 3. The molecule has 1 aromatic heterocycles. The maximum absolute atomic E-state index is 13.3. The minimum atomic E-state index is -0.752. The molecule has 2 aromatic rings. The van der Waals surface area contributed by atoms with Gasteiger partial charge in [-0.25, -0.2) is 0 Å². The zero-order valence-corrected chi connectivity index (χ0v) is 19.6. The summed E-state index contributed by atoms with van der Waals surface area (Å²) in [5.74, 6) is -0.329. The van der Waals surface area contributed by atoms with Crippen LogP contribution in [0.4, 0.5) is 11.4 Å². The first-order chi connectivity index (χ1) is 15.9. The summed E-state index contributed by atoms with van der Waals surface area (Å²) >= 11 is 0. The number of nitrogens with one attached hydrogen (secondary N) is 1. The number of benzene rings is 1. The lowest BCUT2D eigenvalue weighted by Gasteiger charge is -2.48. The largest absolute Gasteiger partial charge is 0.323 e. The second-order valence-corrected chi connectivity index (χ2v) is 8.74. The van der Waals surface area contributed by atoms with Gasteiger partial charge in [-0.1, -0.05) is 26.0 Å². The van der Waals surface area contributed by atoms with E-state index in [4.69, 9.17) is 0 Å². The molecular formula is C24H32N6O3. The fraction of sp³-hybridized carbons (Fsp3) is 0.500. The lowest BCUT2D eigenvalue weighted by molar-refractivity contribution is -0.117. The first kappa shape index (κ1) is 23.0. The van der Waals surface area contributed by atoms with Crippen LogP contribution in [0.5, 0.6) is 0 Å². The smallest absolute Gasteiger partial charge is 0.257 e. The maximum Gasteiger partial charge on any atom is 0.257 e. The monoisotopic (exact) mass is 452 g/mol. The minimum absolute atomic E-state index is 0.00373. The first-order valence-corrected chi connectivity index (χ1v) is 11.7. The van der Waals surface area contributed by atoms with Crippen molar-refractivity contribution in [2.24, 2.45) is 0 Å². The Morgan fingerprint density at radius 2 is 1.94 bits per heavy atom. The Balaban J connectivity index is 1.39. The number of nitrogens with zero attached hydrogens (tertiary/aromatic N) is 5. The van der Waals surface area contributed by atoms with Crippen LogP contribution in [0.1, 0.15) is 50.4 Å². The van der Waals surface area contributed by atoms with Crippen LogP contribution in [-0.4, -0.2) is 69.1 Å². The van der Waals surface area contributed by atoms with Crippen LogP contribution in [0.2, 0.25) is 0 Å². The molecule has 0 spiro atoms. The van der Waals surface area contributed by atoms with Gasteiger partial charge in [-0.2, -0.15) is 5.10 Å². The van der Waals surface area contributed by atoms with Gasteiger partial charge in [0, 0.05) is 32.1 Å². The summed E-state index contributed by atoms with van der Waals surface area (Å²) < 4.78 is 1.82. The summed E-state index contributed by atoms with van der Waals surface area (Å²) in [5.41, 5.74) is 1.04. The fourth-order valence-electron chi connectivity index (χ4n) is 4.81. The van der Waals surface area contributed by atoms with Gasteiger partial charge in [0.25, 0.3) is 5.91 Å². The van der Waals surface area contributed by atoms with Crippen LogP contribution >= 0.6 is 0 Å². The number of rotatable bonds is 9. The summed E-state index contributed by atoms with van der Waals surface area (Å²) in [6.45, 7) is 10.0. The highest BCUT2D eigenvalue weighted by molar-refractivity contribution is 6.10. The van der Waals surface area contributed by atoms with Gasteiger partial charge in [0.05, 0.1) is 29.7 Å². The van der Waals surface area contributed by atoms with Crippen molar-refractivity contribution in [2.45, 2.75) is 52.2 Å². The third-order valence-corrected chi connectivity index (χ3v) is 6.76. The maximum atomic E-state index is 13.3. The fourth-order valence-corrected chi connectivity index (χ4v) is 4.81. The van der Waals surface area contributed by atoms with Crippen molar-refractivity contribution in [1.29, 1.82) is 0 Å². The molecule has 2 aliphatic heterocycles. The third-order valence-electron chi connectivity index (χ3n) is 6.76. The van der Waals surface area contributed by atoms with E-state index in [-0.39, 0.29) is 30.7 Å². The second-order valence-electron chi connectivity index (χ2n) is 8.74. The number of hydrogen-bond acceptors (Lipinski definition) is 5. The Hall–Kier alpha value is -3.20. The Morgan fingerprint density at radius 1 is 1.18 bits per heavy atom. The number of hydrogen-bond donors (Lipinski definition) is 1. The number of fused-ring (bicyclic) bond motifs is 3. The number of likely N-dealkylation sites (N-methyl/N-ethyl adjacent to an activating group) is 1. The molecule has 176 valence electrons. The number of anilines is 2. The Bertz CT molecular complexity index is 1050. The lowest BCUT2D eigenvalue weighted by atomic mass is 9.98. The summed E-state index contributed by atoms with van der Waals surface area (Å²) in [7, 11) is 0. The second kappa shape index (κ2) is 9.35. The summed E-state index contributed by atoms with van der Waals surface area (Å²) in [6.07, 6.45) is 4.53. The average Bonchev–Trinajstić information content (AvgIpc) is 3.38. The molecule has 33 heavy (non-hydrogen) atoms. The van der Waals surface area contributed by atoms with Crippen molar-refractivity contribution in [1.82, 2.24) is 19.6 Å². The van der Waals surface area contributed by atoms with Crippen LogP contribution in [-0.2, 0) is 16.1 Å². The minimum Gasteiger partial charge on any atom is -0.323 e. The van der Waals surface area contributed by atoms with Crippen molar-refractivity contribution in [3.63, 3.8) is 0 Å². The third kappa shape index (κ3) is 4.37. The number of carbonyl (C=O) groups excluding carboxylic acids is 3. The van der Waals surface area contributed by atoms with Crippen LogP contribution < -0.4 is 10.2 Å². The van der Waals surface area contributed by atoms with E-state index in [1.165, 1.54) is 0 Å². The van der Waals surface area contributed by atoms with Gasteiger partial charge < -0.3 is 15.1 Å². The van der Waals surface area contributed by atoms with Gasteiger partial charge in [0.1, 0.15) is 5.66 Å². The predicted molar refractivity (Wildman–Crippen MR) is 126 cm³/mol. The average molecular weight is 453 g/mol. The van der Waals surface area contributed by atoms with E-state index in [0.717, 1.165) is 26.2 Å². The molecule has 0 aliphatic carbocycles. The molecule has 9 heteroatoms. The number of aromatic nitrogens is 2. The van der Waals surface area contributed by atoms with E-state index >= 15 is 0 Å². The van der Waals surface area contributed by atoms with E-state index in [1.54, 1.807) is 28.1 Å². The SMILES string of the molecule is CCN(CC)CCn1cc(NC(=O)CCN2C(=O)c3ccccc3N3C(=O)CCC23C)cn1. The molecule has 0 bridgehead atoms. The molecule has 1 unspecified atom stereocenters. The molecule has 4 rings (SSSR count). The van der Waals surface area contributed by atoms with Crippen molar-refractivity contribution in [2.75, 3.05) is 36.4 Å². The molecular weight excluding hydrogens is 420 g/mol. The Labute approximate surface area is 194 Å². The van der Waals surface area contributed by atoms with Gasteiger partial charge in [-0.05, 0) is 38.6 Å².